The molecule has 0 unspecified atom stereocenters. The SMILES string of the molecule is CCNC(=NCc1cccc(CN(C)CC)c1)NCCSC.I. The van der Waals surface area contributed by atoms with Gasteiger partial charge in [-0.1, -0.05) is 31.2 Å². The Morgan fingerprint density at radius 2 is 1.96 bits per heavy atom. The molecule has 0 aromatic heterocycles. The summed E-state index contributed by atoms with van der Waals surface area (Å²) in [5.74, 6) is 1.98. The molecular weight excluding hydrogens is 419 g/mol. The maximum Gasteiger partial charge on any atom is 0.191 e. The van der Waals surface area contributed by atoms with Crippen molar-refractivity contribution in [1.82, 2.24) is 15.5 Å². The monoisotopic (exact) mass is 450 g/mol. The molecule has 0 heterocycles. The van der Waals surface area contributed by atoms with E-state index in [4.69, 9.17) is 0 Å². The molecule has 6 heteroatoms. The van der Waals surface area contributed by atoms with Crippen molar-refractivity contribution >= 4 is 41.7 Å². The molecule has 0 radical (unpaired) electrons. The molecular formula is C17H31IN4S. The molecule has 0 aliphatic rings. The number of hydrogen-bond donors (Lipinski definition) is 2. The Balaban J connectivity index is 0.00000484. The van der Waals surface area contributed by atoms with Gasteiger partial charge in [0.1, 0.15) is 0 Å². The van der Waals surface area contributed by atoms with E-state index in [1.165, 1.54) is 11.1 Å². The van der Waals surface area contributed by atoms with E-state index in [0.29, 0.717) is 6.54 Å². The van der Waals surface area contributed by atoms with Gasteiger partial charge in [0.15, 0.2) is 5.96 Å². The highest BCUT2D eigenvalue weighted by Gasteiger charge is 2.00. The maximum absolute atomic E-state index is 4.67. The van der Waals surface area contributed by atoms with Gasteiger partial charge in [-0.3, -0.25) is 0 Å². The summed E-state index contributed by atoms with van der Waals surface area (Å²) in [4.78, 5) is 6.97. The molecule has 0 aliphatic heterocycles. The van der Waals surface area contributed by atoms with Crippen LogP contribution in [0.4, 0.5) is 0 Å². The van der Waals surface area contributed by atoms with E-state index >= 15 is 0 Å². The summed E-state index contributed by atoms with van der Waals surface area (Å²) < 4.78 is 0. The van der Waals surface area contributed by atoms with Crippen molar-refractivity contribution < 1.29 is 0 Å². The van der Waals surface area contributed by atoms with Gasteiger partial charge in [-0.05, 0) is 37.9 Å². The van der Waals surface area contributed by atoms with Crippen LogP contribution in [-0.4, -0.2) is 49.6 Å². The van der Waals surface area contributed by atoms with Crippen LogP contribution >= 0.6 is 35.7 Å². The first-order chi connectivity index (χ1) is 10.7. The molecule has 0 saturated carbocycles. The van der Waals surface area contributed by atoms with E-state index in [-0.39, 0.29) is 24.0 Å². The molecule has 23 heavy (non-hydrogen) atoms. The van der Waals surface area contributed by atoms with E-state index in [2.05, 4.69) is 71.9 Å². The van der Waals surface area contributed by atoms with Gasteiger partial charge in [-0.25, -0.2) is 4.99 Å². The van der Waals surface area contributed by atoms with Crippen molar-refractivity contribution in [1.29, 1.82) is 0 Å². The molecule has 0 amide bonds. The lowest BCUT2D eigenvalue weighted by Gasteiger charge is -2.14. The Hall–Kier alpha value is -0.470. The number of nitrogens with zero attached hydrogens (tertiary/aromatic N) is 2. The topological polar surface area (TPSA) is 39.7 Å². The largest absolute Gasteiger partial charge is 0.357 e. The first-order valence-electron chi connectivity index (χ1n) is 7.97. The minimum atomic E-state index is 0. The average Bonchev–Trinajstić information content (AvgIpc) is 2.53. The number of halogens is 1. The zero-order valence-electron chi connectivity index (χ0n) is 14.8. The average molecular weight is 450 g/mol. The molecule has 132 valence electrons. The van der Waals surface area contributed by atoms with Crippen LogP contribution in [0.5, 0.6) is 0 Å². The molecule has 0 spiro atoms. The van der Waals surface area contributed by atoms with Gasteiger partial charge in [0.2, 0.25) is 0 Å². The van der Waals surface area contributed by atoms with Crippen LogP contribution in [0.3, 0.4) is 0 Å². The highest BCUT2D eigenvalue weighted by Crippen LogP contribution is 2.08. The standard InChI is InChI=1S/C17H30N4S.HI/c1-5-18-17(19-10-11-22-4)20-13-15-8-7-9-16(12-15)14-21(3)6-2;/h7-9,12H,5-6,10-11,13-14H2,1-4H3,(H2,18,19,20);1H. The first kappa shape index (κ1) is 22.5. The van der Waals surface area contributed by atoms with E-state index in [1.807, 2.05) is 11.8 Å². The van der Waals surface area contributed by atoms with Gasteiger partial charge in [0, 0.05) is 25.4 Å². The number of thioether (sulfide) groups is 1. The van der Waals surface area contributed by atoms with Crippen LogP contribution in [0, 0.1) is 0 Å². The Bertz CT molecular complexity index is 454. The number of guanidine groups is 1. The predicted octanol–water partition coefficient (Wildman–Crippen LogP) is 3.17. The fourth-order valence-corrected chi connectivity index (χ4v) is 2.34. The predicted molar refractivity (Wildman–Crippen MR) is 115 cm³/mol. The van der Waals surface area contributed by atoms with Gasteiger partial charge in [0.05, 0.1) is 6.54 Å². The number of hydrogen-bond acceptors (Lipinski definition) is 3. The van der Waals surface area contributed by atoms with Crippen molar-refractivity contribution in [3.05, 3.63) is 35.4 Å². The summed E-state index contributed by atoms with van der Waals surface area (Å²) in [5.41, 5.74) is 2.60. The van der Waals surface area contributed by atoms with Gasteiger partial charge < -0.3 is 15.5 Å². The second-order valence-electron chi connectivity index (χ2n) is 5.27. The van der Waals surface area contributed by atoms with Crippen molar-refractivity contribution in [2.24, 2.45) is 4.99 Å². The quantitative estimate of drug-likeness (QED) is 0.263. The Morgan fingerprint density at radius 3 is 2.61 bits per heavy atom. The maximum atomic E-state index is 4.67. The zero-order valence-corrected chi connectivity index (χ0v) is 17.9. The van der Waals surface area contributed by atoms with E-state index in [0.717, 1.165) is 37.9 Å². The van der Waals surface area contributed by atoms with Gasteiger partial charge in [-0.15, -0.1) is 24.0 Å². The minimum absolute atomic E-state index is 0. The summed E-state index contributed by atoms with van der Waals surface area (Å²) in [6.07, 6.45) is 2.12. The van der Waals surface area contributed by atoms with Crippen molar-refractivity contribution in [3.8, 4) is 0 Å². The number of aliphatic imine (C=N–C) groups is 1. The summed E-state index contributed by atoms with van der Waals surface area (Å²) in [6, 6.07) is 8.70. The highest BCUT2D eigenvalue weighted by molar-refractivity contribution is 14.0. The van der Waals surface area contributed by atoms with E-state index in [9.17, 15) is 0 Å². The number of nitrogens with one attached hydrogen (secondary N) is 2. The van der Waals surface area contributed by atoms with E-state index in [1.54, 1.807) is 0 Å². The van der Waals surface area contributed by atoms with Crippen LogP contribution in [0.1, 0.15) is 25.0 Å². The summed E-state index contributed by atoms with van der Waals surface area (Å²) in [6.45, 7) is 8.84. The molecule has 0 bridgehead atoms. The molecule has 0 fully saturated rings. The summed E-state index contributed by atoms with van der Waals surface area (Å²) in [5, 5.41) is 6.65. The van der Waals surface area contributed by atoms with Crippen molar-refractivity contribution in [2.75, 3.05) is 38.7 Å². The molecule has 1 aromatic rings. The zero-order chi connectivity index (χ0) is 16.2. The third-order valence-electron chi connectivity index (χ3n) is 3.35. The van der Waals surface area contributed by atoms with Crippen molar-refractivity contribution in [2.45, 2.75) is 26.9 Å². The number of benzene rings is 1. The van der Waals surface area contributed by atoms with Gasteiger partial charge >= 0.3 is 0 Å². The first-order valence-corrected chi connectivity index (χ1v) is 9.36. The lowest BCUT2D eigenvalue weighted by molar-refractivity contribution is 0.345. The normalized spacial score (nSPS) is 11.3. The minimum Gasteiger partial charge on any atom is -0.357 e. The van der Waals surface area contributed by atoms with Crippen LogP contribution in [0.25, 0.3) is 0 Å². The molecule has 0 atom stereocenters. The molecule has 4 nitrogen and oxygen atoms in total. The third-order valence-corrected chi connectivity index (χ3v) is 3.96. The fourth-order valence-electron chi connectivity index (χ4n) is 2.03. The van der Waals surface area contributed by atoms with Crippen LogP contribution in [0.15, 0.2) is 29.3 Å². The highest BCUT2D eigenvalue weighted by atomic mass is 127. The lowest BCUT2D eigenvalue weighted by Crippen LogP contribution is -2.38. The lowest BCUT2D eigenvalue weighted by atomic mass is 10.1. The molecule has 0 aliphatic carbocycles. The Morgan fingerprint density at radius 1 is 1.22 bits per heavy atom. The second-order valence-corrected chi connectivity index (χ2v) is 6.25. The third kappa shape index (κ3) is 10.1. The van der Waals surface area contributed by atoms with Gasteiger partial charge in [0.25, 0.3) is 0 Å². The Kier molecular flexibility index (Phi) is 13.6. The summed E-state index contributed by atoms with van der Waals surface area (Å²) >= 11 is 1.84. The molecule has 2 N–H and O–H groups in total. The second kappa shape index (κ2) is 13.9. The van der Waals surface area contributed by atoms with Crippen LogP contribution < -0.4 is 10.6 Å². The molecule has 1 aromatic carbocycles. The van der Waals surface area contributed by atoms with Crippen LogP contribution in [0.2, 0.25) is 0 Å². The summed E-state index contributed by atoms with van der Waals surface area (Å²) in [7, 11) is 2.14. The fraction of sp³-hybridized carbons (Fsp3) is 0.588. The van der Waals surface area contributed by atoms with E-state index < -0.39 is 0 Å². The number of rotatable bonds is 9. The molecule has 1 rings (SSSR count). The van der Waals surface area contributed by atoms with Crippen molar-refractivity contribution in [3.63, 3.8) is 0 Å². The Labute approximate surface area is 162 Å². The smallest absolute Gasteiger partial charge is 0.191 e. The molecule has 0 saturated heterocycles. The van der Waals surface area contributed by atoms with Crippen LogP contribution in [-0.2, 0) is 13.1 Å². The van der Waals surface area contributed by atoms with Gasteiger partial charge in [-0.2, -0.15) is 11.8 Å².